The number of hydrogen-bond acceptors (Lipinski definition) is 9. The van der Waals surface area contributed by atoms with Gasteiger partial charge in [0.15, 0.2) is 5.75 Å². The molecule has 0 aromatic heterocycles. The fraction of sp³-hybridized carbons (Fsp3) is 0.636. The average molecular weight is 586 g/mol. The molecule has 0 saturated carbocycles. The molecule has 2 heterocycles. The van der Waals surface area contributed by atoms with E-state index in [-0.39, 0.29) is 11.3 Å². The van der Waals surface area contributed by atoms with Gasteiger partial charge in [0.05, 0.1) is 20.3 Å². The monoisotopic (exact) mass is 585 g/mol. The van der Waals surface area contributed by atoms with E-state index >= 15 is 0 Å². The summed E-state index contributed by atoms with van der Waals surface area (Å²) < 4.78 is 39.9. The van der Waals surface area contributed by atoms with E-state index in [4.69, 9.17) is 33.2 Å². The molecule has 4 rings (SSSR count). The van der Waals surface area contributed by atoms with Gasteiger partial charge >= 0.3 is 5.97 Å². The number of methoxy groups -OCH3 is 1. The Hall–Kier alpha value is -2.90. The molecule has 0 amide bonds. The summed E-state index contributed by atoms with van der Waals surface area (Å²) in [6, 6.07) is 9.45. The molecule has 2 aliphatic heterocycles. The van der Waals surface area contributed by atoms with Crippen molar-refractivity contribution in [2.24, 2.45) is 0 Å². The van der Waals surface area contributed by atoms with Crippen LogP contribution in [0.5, 0.6) is 11.5 Å². The molecule has 0 atom stereocenters. The first-order valence-electron chi connectivity index (χ1n) is 15.4. The maximum absolute atomic E-state index is 12.8. The van der Waals surface area contributed by atoms with Crippen molar-refractivity contribution < 1.29 is 38.0 Å². The molecule has 232 valence electrons. The number of rotatable bonds is 1. The highest BCUT2D eigenvalue weighted by molar-refractivity contribution is 6.05. The highest BCUT2D eigenvalue weighted by Crippen LogP contribution is 2.42. The molecule has 0 radical (unpaired) electrons. The predicted octanol–water partition coefficient (Wildman–Crippen LogP) is 6.19. The van der Waals surface area contributed by atoms with Crippen molar-refractivity contribution in [2.45, 2.75) is 64.2 Å². The van der Waals surface area contributed by atoms with Gasteiger partial charge in [0.1, 0.15) is 22.9 Å². The van der Waals surface area contributed by atoms with Gasteiger partial charge in [0.2, 0.25) is 0 Å². The summed E-state index contributed by atoms with van der Waals surface area (Å²) in [4.78, 5) is 12.8. The highest BCUT2D eigenvalue weighted by atomic mass is 16.5. The minimum absolute atomic E-state index is 0.263. The van der Waals surface area contributed by atoms with Gasteiger partial charge < -0.3 is 33.2 Å². The third kappa shape index (κ3) is 11.8. The third-order valence-electron chi connectivity index (χ3n) is 6.98. The van der Waals surface area contributed by atoms with E-state index in [1.54, 1.807) is 12.1 Å². The van der Waals surface area contributed by atoms with E-state index in [1.807, 2.05) is 12.1 Å². The first kappa shape index (κ1) is 33.6. The van der Waals surface area contributed by atoms with Crippen LogP contribution in [0.3, 0.4) is 0 Å². The Morgan fingerprint density at radius 1 is 0.619 bits per heavy atom. The second-order valence-electron chi connectivity index (χ2n) is 10.3. The summed E-state index contributed by atoms with van der Waals surface area (Å²) in [5, 5.41) is 9.97. The smallest absolute Gasteiger partial charge is 0.342 e. The second-order valence-corrected chi connectivity index (χ2v) is 10.3. The van der Waals surface area contributed by atoms with E-state index in [0.29, 0.717) is 55.5 Å². The van der Waals surface area contributed by atoms with E-state index in [2.05, 4.69) is 6.07 Å². The topological polar surface area (TPSA) is 105 Å². The Morgan fingerprint density at radius 2 is 1.02 bits per heavy atom. The number of esters is 1. The van der Waals surface area contributed by atoms with Crippen LogP contribution in [0.25, 0.3) is 11.1 Å². The lowest BCUT2D eigenvalue weighted by molar-refractivity contribution is 0.0597. The van der Waals surface area contributed by atoms with Crippen molar-refractivity contribution in [3.63, 3.8) is 0 Å². The third-order valence-corrected chi connectivity index (χ3v) is 6.98. The van der Waals surface area contributed by atoms with Crippen LogP contribution in [0.4, 0.5) is 0 Å². The van der Waals surface area contributed by atoms with Gasteiger partial charge in [-0.25, -0.2) is 4.79 Å². The lowest BCUT2D eigenvalue weighted by Crippen LogP contribution is -2.07. The first-order chi connectivity index (χ1) is 20.8. The fourth-order valence-corrected chi connectivity index (χ4v) is 4.64. The zero-order valence-corrected chi connectivity index (χ0v) is 25.2. The van der Waals surface area contributed by atoms with Crippen molar-refractivity contribution >= 4 is 5.97 Å². The van der Waals surface area contributed by atoms with Crippen LogP contribution >= 0.6 is 0 Å². The van der Waals surface area contributed by atoms with Gasteiger partial charge in [-0.15, -0.1) is 0 Å². The molecular formula is C33H47NO8. The number of carbonyl (C=O) groups excluding carboxylic acids is 1. The maximum atomic E-state index is 12.8. The largest absolute Gasteiger partial charge is 0.494 e. The van der Waals surface area contributed by atoms with Gasteiger partial charge in [-0.2, -0.15) is 5.26 Å². The zero-order chi connectivity index (χ0) is 29.7. The molecule has 9 nitrogen and oxygen atoms in total. The molecule has 0 N–H and O–H groups in total. The first-order valence-corrected chi connectivity index (χ1v) is 15.4. The van der Waals surface area contributed by atoms with Crippen molar-refractivity contribution in [1.29, 1.82) is 5.26 Å². The van der Waals surface area contributed by atoms with Gasteiger partial charge in [-0.05, 0) is 88.5 Å². The molecule has 0 fully saturated rings. The summed E-state index contributed by atoms with van der Waals surface area (Å²) in [6.07, 6.45) is 9.28. The number of ether oxygens (including phenoxy) is 7. The molecule has 4 aliphatic rings. The Morgan fingerprint density at radius 3 is 1.45 bits per heavy atom. The number of fused-ring (bicyclic) bond motifs is 27. The fourth-order valence-electron chi connectivity index (χ4n) is 4.64. The molecule has 0 unspecified atom stereocenters. The van der Waals surface area contributed by atoms with Crippen LogP contribution in [0, 0.1) is 11.3 Å². The minimum Gasteiger partial charge on any atom is -0.494 e. The van der Waals surface area contributed by atoms with Crippen molar-refractivity contribution in [1.82, 2.24) is 0 Å². The zero-order valence-electron chi connectivity index (χ0n) is 25.2. The number of nitriles is 1. The van der Waals surface area contributed by atoms with Crippen LogP contribution in [0.1, 0.15) is 80.1 Å². The van der Waals surface area contributed by atoms with Crippen molar-refractivity contribution in [3.05, 3.63) is 35.4 Å². The summed E-state index contributed by atoms with van der Waals surface area (Å²) in [7, 11) is 1.33. The van der Waals surface area contributed by atoms with Crippen LogP contribution < -0.4 is 9.47 Å². The Bertz CT molecular complexity index is 1050. The molecule has 4 bridgehead atoms. The summed E-state index contributed by atoms with van der Waals surface area (Å²) in [5.41, 5.74) is 1.81. The number of hydrogen-bond donors (Lipinski definition) is 0. The van der Waals surface area contributed by atoms with Crippen molar-refractivity contribution in [3.8, 4) is 28.7 Å². The molecule has 0 spiro atoms. The van der Waals surface area contributed by atoms with E-state index in [1.165, 1.54) is 7.11 Å². The SMILES string of the molecule is COC(=O)c1c2ccc3ccc-2c(C#N)c1OCCCCOCCCCOCCCCOCCCCOCCCCO3. The Balaban J connectivity index is 1.59. The van der Waals surface area contributed by atoms with E-state index < -0.39 is 5.97 Å². The predicted molar refractivity (Wildman–Crippen MR) is 160 cm³/mol. The summed E-state index contributed by atoms with van der Waals surface area (Å²) >= 11 is 0. The molecular weight excluding hydrogens is 538 g/mol. The van der Waals surface area contributed by atoms with Crippen LogP contribution in [0.2, 0.25) is 0 Å². The van der Waals surface area contributed by atoms with Crippen LogP contribution in [0.15, 0.2) is 24.3 Å². The Kier molecular flexibility index (Phi) is 16.7. The maximum Gasteiger partial charge on any atom is 0.342 e. The lowest BCUT2D eigenvalue weighted by atomic mass is 10.1. The molecule has 0 aromatic rings. The lowest BCUT2D eigenvalue weighted by Gasteiger charge is -2.09. The molecule has 42 heavy (non-hydrogen) atoms. The minimum atomic E-state index is -0.540. The number of nitrogens with zero attached hydrogens (tertiary/aromatic N) is 1. The second kappa shape index (κ2) is 20.9. The van der Waals surface area contributed by atoms with E-state index in [0.717, 1.165) is 97.2 Å². The van der Waals surface area contributed by atoms with Gasteiger partial charge in [-0.1, -0.05) is 0 Å². The summed E-state index contributed by atoms with van der Waals surface area (Å²) in [5.74, 6) is 0.391. The van der Waals surface area contributed by atoms with Crippen LogP contribution in [-0.2, 0) is 23.7 Å². The normalized spacial score (nSPS) is 18.7. The number of carbonyl (C=O) groups is 1. The highest BCUT2D eigenvalue weighted by Gasteiger charge is 2.29. The van der Waals surface area contributed by atoms with Crippen LogP contribution in [-0.4, -0.2) is 79.1 Å². The van der Waals surface area contributed by atoms with E-state index in [9.17, 15) is 10.1 Å². The van der Waals surface area contributed by atoms with Gasteiger partial charge in [0, 0.05) is 64.0 Å². The summed E-state index contributed by atoms with van der Waals surface area (Å²) in [6.45, 7) is 6.76. The van der Waals surface area contributed by atoms with Gasteiger partial charge in [0.25, 0.3) is 0 Å². The van der Waals surface area contributed by atoms with Gasteiger partial charge in [-0.3, -0.25) is 0 Å². The van der Waals surface area contributed by atoms with Crippen molar-refractivity contribution in [2.75, 3.05) is 73.2 Å². The molecule has 0 aromatic carbocycles. The quantitative estimate of drug-likeness (QED) is 0.362. The molecule has 0 saturated heterocycles. The average Bonchev–Trinajstić information content (AvgIpc) is 3.15. The molecule has 9 heteroatoms. The standard InChI is InChI=1S/C33H47NO8/c1-36-33(35)31-29-15-13-27-12-14-28(29)30(26-34)32(31)42-25-11-9-23-40-21-7-5-19-38-17-3-2-16-37-18-4-6-20-39-22-8-10-24-41-27/h12-15H,2-11,16-25H2,1H3. The molecule has 2 aliphatic carbocycles. The Labute approximate surface area is 250 Å².